The molecule has 116 valence electrons. The average molecular weight is 336 g/mol. The van der Waals surface area contributed by atoms with Crippen molar-refractivity contribution >= 4 is 23.2 Å². The molecule has 1 fully saturated rings. The molecule has 1 aromatic carbocycles. The number of piperazine rings is 1. The van der Waals surface area contributed by atoms with Gasteiger partial charge in [0.1, 0.15) is 0 Å². The fraction of sp³-hybridized carbons (Fsp3) is 0.353. The van der Waals surface area contributed by atoms with Crippen molar-refractivity contribution in [2.24, 2.45) is 0 Å². The van der Waals surface area contributed by atoms with Gasteiger partial charge >= 0.3 is 0 Å². The summed E-state index contributed by atoms with van der Waals surface area (Å²) in [5, 5.41) is 4.69. The molecule has 2 heterocycles. The molecule has 1 unspecified atom stereocenters. The third-order valence-corrected chi connectivity index (χ3v) is 4.99. The standard InChI is InChI=1S/C17H19Cl2N3/c18-15-3-1-2-14(17(15)19)12-16(13-4-6-20-7-5-13)22-10-8-21-9-11-22/h1-7,16,21H,8-12H2. The summed E-state index contributed by atoms with van der Waals surface area (Å²) in [6.07, 6.45) is 4.55. The molecule has 3 rings (SSSR count). The number of benzene rings is 1. The number of nitrogens with zero attached hydrogens (tertiary/aromatic N) is 2. The van der Waals surface area contributed by atoms with Crippen molar-refractivity contribution in [1.82, 2.24) is 15.2 Å². The van der Waals surface area contributed by atoms with Crippen LogP contribution in [0.4, 0.5) is 0 Å². The summed E-state index contributed by atoms with van der Waals surface area (Å²) in [7, 11) is 0. The van der Waals surface area contributed by atoms with E-state index in [1.807, 2.05) is 24.5 Å². The Hall–Kier alpha value is -1.13. The monoisotopic (exact) mass is 335 g/mol. The lowest BCUT2D eigenvalue weighted by atomic mass is 9.97. The van der Waals surface area contributed by atoms with Crippen molar-refractivity contribution in [3.05, 3.63) is 63.9 Å². The first-order valence-corrected chi connectivity index (χ1v) is 8.29. The minimum Gasteiger partial charge on any atom is -0.314 e. The van der Waals surface area contributed by atoms with Gasteiger partial charge in [-0.15, -0.1) is 0 Å². The number of hydrogen-bond acceptors (Lipinski definition) is 3. The van der Waals surface area contributed by atoms with Gasteiger partial charge in [0.15, 0.2) is 0 Å². The molecule has 0 amide bonds. The highest BCUT2D eigenvalue weighted by Crippen LogP contribution is 2.31. The molecule has 0 bridgehead atoms. The molecule has 1 aliphatic rings. The van der Waals surface area contributed by atoms with Crippen molar-refractivity contribution in [3.63, 3.8) is 0 Å². The minimum absolute atomic E-state index is 0.293. The molecule has 1 aliphatic heterocycles. The number of aromatic nitrogens is 1. The van der Waals surface area contributed by atoms with Crippen LogP contribution in [0.1, 0.15) is 17.2 Å². The van der Waals surface area contributed by atoms with Gasteiger partial charge in [0.25, 0.3) is 0 Å². The first kappa shape index (κ1) is 15.8. The Labute approximate surface area is 141 Å². The Balaban J connectivity index is 1.89. The van der Waals surface area contributed by atoms with E-state index >= 15 is 0 Å². The van der Waals surface area contributed by atoms with Crippen LogP contribution in [-0.2, 0) is 6.42 Å². The molecule has 3 nitrogen and oxygen atoms in total. The quantitative estimate of drug-likeness (QED) is 0.925. The third kappa shape index (κ3) is 3.61. The molecule has 1 aromatic heterocycles. The molecule has 2 aromatic rings. The van der Waals surface area contributed by atoms with Gasteiger partial charge < -0.3 is 5.32 Å². The summed E-state index contributed by atoms with van der Waals surface area (Å²) in [6.45, 7) is 4.10. The van der Waals surface area contributed by atoms with Crippen molar-refractivity contribution in [1.29, 1.82) is 0 Å². The van der Waals surface area contributed by atoms with Gasteiger partial charge in [0, 0.05) is 44.6 Å². The van der Waals surface area contributed by atoms with Gasteiger partial charge in [0.05, 0.1) is 10.0 Å². The zero-order valence-electron chi connectivity index (χ0n) is 12.3. The van der Waals surface area contributed by atoms with E-state index in [1.54, 1.807) is 0 Å². The highest BCUT2D eigenvalue weighted by molar-refractivity contribution is 6.42. The van der Waals surface area contributed by atoms with E-state index in [9.17, 15) is 0 Å². The van der Waals surface area contributed by atoms with E-state index in [1.165, 1.54) is 5.56 Å². The topological polar surface area (TPSA) is 28.2 Å². The number of halogens is 2. The predicted molar refractivity (Wildman–Crippen MR) is 91.6 cm³/mol. The lowest BCUT2D eigenvalue weighted by molar-refractivity contribution is 0.172. The highest BCUT2D eigenvalue weighted by atomic mass is 35.5. The maximum atomic E-state index is 6.39. The van der Waals surface area contributed by atoms with Crippen molar-refractivity contribution < 1.29 is 0 Å². The molecule has 0 spiro atoms. The fourth-order valence-corrected chi connectivity index (χ4v) is 3.35. The number of nitrogens with one attached hydrogen (secondary N) is 1. The second kappa shape index (κ2) is 7.42. The van der Waals surface area contributed by atoms with Gasteiger partial charge in [-0.25, -0.2) is 0 Å². The van der Waals surface area contributed by atoms with Crippen LogP contribution in [-0.4, -0.2) is 36.1 Å². The van der Waals surface area contributed by atoms with Crippen molar-refractivity contribution in [2.75, 3.05) is 26.2 Å². The van der Waals surface area contributed by atoms with Crippen LogP contribution >= 0.6 is 23.2 Å². The van der Waals surface area contributed by atoms with Gasteiger partial charge in [-0.2, -0.15) is 0 Å². The molecular weight excluding hydrogens is 317 g/mol. The average Bonchev–Trinajstić information content (AvgIpc) is 2.58. The van der Waals surface area contributed by atoms with E-state index in [0.29, 0.717) is 16.1 Å². The lowest BCUT2D eigenvalue weighted by Crippen LogP contribution is -2.45. The van der Waals surface area contributed by atoms with Crippen LogP contribution in [0.15, 0.2) is 42.7 Å². The molecule has 22 heavy (non-hydrogen) atoms. The van der Waals surface area contributed by atoms with Crippen molar-refractivity contribution in [2.45, 2.75) is 12.5 Å². The fourth-order valence-electron chi connectivity index (χ4n) is 2.95. The largest absolute Gasteiger partial charge is 0.314 e. The maximum Gasteiger partial charge on any atom is 0.0624 e. The van der Waals surface area contributed by atoms with Gasteiger partial charge in [-0.3, -0.25) is 9.88 Å². The van der Waals surface area contributed by atoms with Crippen LogP contribution in [0, 0.1) is 0 Å². The molecule has 1 saturated heterocycles. The Kier molecular flexibility index (Phi) is 5.32. The third-order valence-electron chi connectivity index (χ3n) is 4.13. The number of pyridine rings is 1. The summed E-state index contributed by atoms with van der Waals surface area (Å²) in [4.78, 5) is 6.64. The van der Waals surface area contributed by atoms with E-state index in [4.69, 9.17) is 23.2 Å². The summed E-state index contributed by atoms with van der Waals surface area (Å²) in [5.74, 6) is 0. The summed E-state index contributed by atoms with van der Waals surface area (Å²) in [6, 6.07) is 10.3. The van der Waals surface area contributed by atoms with E-state index < -0.39 is 0 Å². The van der Waals surface area contributed by atoms with Crippen LogP contribution in [0.5, 0.6) is 0 Å². The highest BCUT2D eigenvalue weighted by Gasteiger charge is 2.23. The molecule has 0 radical (unpaired) electrons. The predicted octanol–water partition coefficient (Wildman–Crippen LogP) is 3.58. The molecule has 5 heteroatoms. The molecular formula is C17H19Cl2N3. The van der Waals surface area contributed by atoms with Crippen LogP contribution in [0.3, 0.4) is 0 Å². The lowest BCUT2D eigenvalue weighted by Gasteiger charge is -2.35. The van der Waals surface area contributed by atoms with E-state index in [0.717, 1.165) is 38.2 Å². The minimum atomic E-state index is 0.293. The second-order valence-electron chi connectivity index (χ2n) is 5.50. The summed E-state index contributed by atoms with van der Waals surface area (Å²) in [5.41, 5.74) is 2.36. The van der Waals surface area contributed by atoms with Crippen LogP contribution < -0.4 is 5.32 Å². The smallest absolute Gasteiger partial charge is 0.0624 e. The zero-order valence-corrected chi connectivity index (χ0v) is 13.8. The van der Waals surface area contributed by atoms with Crippen molar-refractivity contribution in [3.8, 4) is 0 Å². The van der Waals surface area contributed by atoms with Crippen LogP contribution in [0.2, 0.25) is 10.0 Å². The van der Waals surface area contributed by atoms with E-state index in [2.05, 4.69) is 33.4 Å². The Bertz CT molecular complexity index is 613. The number of rotatable bonds is 4. The Morgan fingerprint density at radius 2 is 1.82 bits per heavy atom. The number of hydrogen-bond donors (Lipinski definition) is 1. The van der Waals surface area contributed by atoms with E-state index in [-0.39, 0.29) is 0 Å². The molecule has 1 N–H and O–H groups in total. The molecule has 0 aliphatic carbocycles. The van der Waals surface area contributed by atoms with Crippen LogP contribution in [0.25, 0.3) is 0 Å². The first-order valence-electron chi connectivity index (χ1n) is 7.53. The summed E-state index contributed by atoms with van der Waals surface area (Å²) < 4.78 is 0. The van der Waals surface area contributed by atoms with Gasteiger partial charge in [-0.1, -0.05) is 35.3 Å². The normalized spacial score (nSPS) is 17.4. The maximum absolute atomic E-state index is 6.39. The SMILES string of the molecule is Clc1cccc(CC(c2ccncc2)N2CCNCC2)c1Cl. The van der Waals surface area contributed by atoms with Gasteiger partial charge in [0.2, 0.25) is 0 Å². The summed E-state index contributed by atoms with van der Waals surface area (Å²) >= 11 is 12.6. The first-order chi connectivity index (χ1) is 10.8. The zero-order chi connectivity index (χ0) is 15.4. The Morgan fingerprint density at radius 3 is 2.55 bits per heavy atom. The Morgan fingerprint density at radius 1 is 1.09 bits per heavy atom. The second-order valence-corrected chi connectivity index (χ2v) is 6.28. The molecule has 1 atom stereocenters. The molecule has 0 saturated carbocycles. The van der Waals surface area contributed by atoms with Gasteiger partial charge in [-0.05, 0) is 35.7 Å².